The molecule has 128 valence electrons. The minimum absolute atomic E-state index is 0.186. The number of nitrogens with one attached hydrogen (secondary N) is 1. The molecule has 2 fully saturated rings. The van der Waals surface area contributed by atoms with Gasteiger partial charge in [0.05, 0.1) is 11.8 Å². The topological polar surface area (TPSA) is 84.4 Å². The van der Waals surface area contributed by atoms with Crippen molar-refractivity contribution >= 4 is 5.91 Å². The fourth-order valence-corrected chi connectivity index (χ4v) is 3.70. The van der Waals surface area contributed by atoms with Crippen LogP contribution in [0.1, 0.15) is 25.2 Å². The van der Waals surface area contributed by atoms with Crippen LogP contribution in [0.4, 0.5) is 0 Å². The number of likely N-dealkylation sites (tertiary alicyclic amines) is 1. The summed E-state index contributed by atoms with van der Waals surface area (Å²) in [5.41, 5.74) is 0.781. The van der Waals surface area contributed by atoms with E-state index in [9.17, 15) is 4.79 Å². The molecule has 2 saturated heterocycles. The maximum atomic E-state index is 12.5. The van der Waals surface area contributed by atoms with Gasteiger partial charge in [-0.25, -0.2) is 0 Å². The number of furan rings is 1. The second-order valence-electron chi connectivity index (χ2n) is 6.66. The first kappa shape index (κ1) is 15.4. The zero-order chi connectivity index (χ0) is 16.4. The Hall–Kier alpha value is -2.15. The van der Waals surface area contributed by atoms with Gasteiger partial charge >= 0.3 is 0 Å². The Bertz CT molecular complexity index is 668. The summed E-state index contributed by atoms with van der Waals surface area (Å²) < 4.78 is 10.2. The average molecular weight is 330 g/mol. The highest BCUT2D eigenvalue weighted by molar-refractivity contribution is 5.76. The minimum Gasteiger partial charge on any atom is -0.472 e. The number of rotatable bonds is 4. The SMILES string of the molecule is O=C(CCc1nc(-c2ccoc2)no1)N1CC[C@@H]2CNC[C@@H]2CC1. The molecular formula is C17H22N4O3. The van der Waals surface area contributed by atoms with Crippen molar-refractivity contribution < 1.29 is 13.7 Å². The highest BCUT2D eigenvalue weighted by Crippen LogP contribution is 2.27. The largest absolute Gasteiger partial charge is 0.472 e. The summed E-state index contributed by atoms with van der Waals surface area (Å²) in [6, 6.07) is 1.78. The smallest absolute Gasteiger partial charge is 0.227 e. The molecule has 7 heteroatoms. The van der Waals surface area contributed by atoms with Gasteiger partial charge in [0.1, 0.15) is 6.26 Å². The van der Waals surface area contributed by atoms with Gasteiger partial charge < -0.3 is 19.2 Å². The normalized spacial score (nSPS) is 23.9. The summed E-state index contributed by atoms with van der Waals surface area (Å²) in [5, 5.41) is 7.38. The van der Waals surface area contributed by atoms with E-state index in [2.05, 4.69) is 15.5 Å². The summed E-state index contributed by atoms with van der Waals surface area (Å²) in [7, 11) is 0. The number of fused-ring (bicyclic) bond motifs is 1. The van der Waals surface area contributed by atoms with E-state index >= 15 is 0 Å². The van der Waals surface area contributed by atoms with Crippen LogP contribution in [0.2, 0.25) is 0 Å². The van der Waals surface area contributed by atoms with E-state index in [1.807, 2.05) is 4.90 Å². The molecule has 1 N–H and O–H groups in total. The summed E-state index contributed by atoms with van der Waals surface area (Å²) in [6.07, 6.45) is 6.25. The quantitative estimate of drug-likeness (QED) is 0.919. The van der Waals surface area contributed by atoms with Gasteiger partial charge in [-0.2, -0.15) is 4.98 Å². The lowest BCUT2D eigenvalue weighted by Crippen LogP contribution is -2.32. The molecule has 4 heterocycles. The van der Waals surface area contributed by atoms with Crippen LogP contribution < -0.4 is 5.32 Å². The number of hydrogen-bond acceptors (Lipinski definition) is 6. The van der Waals surface area contributed by atoms with Crippen LogP contribution in [-0.2, 0) is 11.2 Å². The molecule has 0 bridgehead atoms. The Kier molecular flexibility index (Phi) is 4.34. The van der Waals surface area contributed by atoms with Gasteiger partial charge in [0.25, 0.3) is 0 Å². The van der Waals surface area contributed by atoms with Gasteiger partial charge in [-0.05, 0) is 43.8 Å². The van der Waals surface area contributed by atoms with Gasteiger partial charge in [-0.15, -0.1) is 0 Å². The molecule has 0 aliphatic carbocycles. The highest BCUT2D eigenvalue weighted by Gasteiger charge is 2.31. The van der Waals surface area contributed by atoms with E-state index in [4.69, 9.17) is 8.94 Å². The number of aryl methyl sites for hydroxylation is 1. The molecule has 0 aromatic carbocycles. The molecule has 2 aliphatic heterocycles. The lowest BCUT2D eigenvalue weighted by molar-refractivity contribution is -0.131. The molecule has 2 aliphatic rings. The predicted octanol–water partition coefficient (Wildman–Crippen LogP) is 1.72. The van der Waals surface area contributed by atoms with E-state index in [1.54, 1.807) is 18.6 Å². The first-order chi connectivity index (χ1) is 11.8. The van der Waals surface area contributed by atoms with Crippen molar-refractivity contribution in [3.63, 3.8) is 0 Å². The molecule has 0 saturated carbocycles. The van der Waals surface area contributed by atoms with E-state index in [-0.39, 0.29) is 5.91 Å². The van der Waals surface area contributed by atoms with Crippen LogP contribution in [-0.4, -0.2) is 47.1 Å². The fourth-order valence-electron chi connectivity index (χ4n) is 3.70. The van der Waals surface area contributed by atoms with E-state index in [1.165, 1.54) is 0 Å². The number of hydrogen-bond donors (Lipinski definition) is 1. The summed E-state index contributed by atoms with van der Waals surface area (Å²) in [4.78, 5) is 18.8. The van der Waals surface area contributed by atoms with Crippen LogP contribution >= 0.6 is 0 Å². The zero-order valence-corrected chi connectivity index (χ0v) is 13.6. The second-order valence-corrected chi connectivity index (χ2v) is 6.66. The number of carbonyl (C=O) groups is 1. The van der Waals surface area contributed by atoms with Crippen molar-refractivity contribution in [2.45, 2.75) is 25.7 Å². The highest BCUT2D eigenvalue weighted by atomic mass is 16.5. The van der Waals surface area contributed by atoms with Crippen molar-refractivity contribution in [2.24, 2.45) is 11.8 Å². The van der Waals surface area contributed by atoms with E-state index < -0.39 is 0 Å². The summed E-state index contributed by atoms with van der Waals surface area (Å²) in [6.45, 7) is 3.94. The van der Waals surface area contributed by atoms with Crippen LogP contribution in [0.5, 0.6) is 0 Å². The Morgan fingerprint density at radius 1 is 1.29 bits per heavy atom. The first-order valence-corrected chi connectivity index (χ1v) is 8.63. The molecular weight excluding hydrogens is 308 g/mol. The maximum absolute atomic E-state index is 12.5. The van der Waals surface area contributed by atoms with Crippen molar-refractivity contribution in [1.29, 1.82) is 0 Å². The van der Waals surface area contributed by atoms with Crippen molar-refractivity contribution in [2.75, 3.05) is 26.2 Å². The predicted molar refractivity (Wildman–Crippen MR) is 86.0 cm³/mol. The van der Waals surface area contributed by atoms with Crippen LogP contribution in [0.3, 0.4) is 0 Å². The molecule has 0 radical (unpaired) electrons. The number of aromatic nitrogens is 2. The Balaban J connectivity index is 1.30. The lowest BCUT2D eigenvalue weighted by Gasteiger charge is -2.20. The van der Waals surface area contributed by atoms with E-state index in [0.717, 1.165) is 56.4 Å². The van der Waals surface area contributed by atoms with Crippen molar-refractivity contribution in [3.05, 3.63) is 24.5 Å². The van der Waals surface area contributed by atoms with Crippen molar-refractivity contribution in [3.8, 4) is 11.4 Å². The molecule has 2 atom stereocenters. The average Bonchev–Trinajstić information content (AvgIpc) is 3.32. The first-order valence-electron chi connectivity index (χ1n) is 8.63. The van der Waals surface area contributed by atoms with Gasteiger partial charge in [-0.1, -0.05) is 5.16 Å². The second kappa shape index (κ2) is 6.76. The molecule has 4 rings (SSSR count). The standard InChI is InChI=1S/C17H22N4O3/c22-16(21-6-3-12-9-18-10-13(12)4-7-21)2-1-15-19-17(20-24-15)14-5-8-23-11-14/h5,8,11-13,18H,1-4,6-7,9-10H2/t12-,13+. The third kappa shape index (κ3) is 3.21. The third-order valence-corrected chi connectivity index (χ3v) is 5.17. The molecule has 24 heavy (non-hydrogen) atoms. The molecule has 1 amide bonds. The molecule has 2 aromatic heterocycles. The Morgan fingerprint density at radius 2 is 2.08 bits per heavy atom. The number of amides is 1. The summed E-state index contributed by atoms with van der Waals surface area (Å²) >= 11 is 0. The fraction of sp³-hybridized carbons (Fsp3) is 0.588. The zero-order valence-electron chi connectivity index (χ0n) is 13.6. The van der Waals surface area contributed by atoms with E-state index in [0.29, 0.717) is 24.6 Å². The lowest BCUT2D eigenvalue weighted by atomic mass is 9.92. The van der Waals surface area contributed by atoms with Gasteiger partial charge in [0.15, 0.2) is 0 Å². The Labute approximate surface area is 140 Å². The van der Waals surface area contributed by atoms with Gasteiger partial charge in [0, 0.05) is 25.9 Å². The number of nitrogens with zero attached hydrogens (tertiary/aromatic N) is 3. The third-order valence-electron chi connectivity index (χ3n) is 5.17. The maximum Gasteiger partial charge on any atom is 0.227 e. The number of carbonyl (C=O) groups excluding carboxylic acids is 1. The molecule has 0 spiro atoms. The van der Waals surface area contributed by atoms with Crippen LogP contribution in [0.25, 0.3) is 11.4 Å². The minimum atomic E-state index is 0.186. The van der Waals surface area contributed by atoms with Crippen LogP contribution in [0.15, 0.2) is 27.5 Å². The molecule has 7 nitrogen and oxygen atoms in total. The Morgan fingerprint density at radius 3 is 2.79 bits per heavy atom. The van der Waals surface area contributed by atoms with Crippen LogP contribution in [0, 0.1) is 11.8 Å². The van der Waals surface area contributed by atoms with Gasteiger partial charge in [-0.3, -0.25) is 4.79 Å². The molecule has 0 unspecified atom stereocenters. The van der Waals surface area contributed by atoms with Crippen molar-refractivity contribution in [1.82, 2.24) is 20.4 Å². The van der Waals surface area contributed by atoms with Gasteiger partial charge in [0.2, 0.25) is 17.6 Å². The summed E-state index contributed by atoms with van der Waals surface area (Å²) in [5.74, 6) is 2.65. The monoisotopic (exact) mass is 330 g/mol. The molecule has 2 aromatic rings.